The monoisotopic (exact) mass is 175 g/mol. The number of hydrogen-bond acceptors (Lipinski definition) is 1. The van der Waals surface area contributed by atoms with Crippen LogP contribution in [0.1, 0.15) is 32.1 Å². The summed E-state index contributed by atoms with van der Waals surface area (Å²) in [4.78, 5) is 0. The van der Waals surface area contributed by atoms with Gasteiger partial charge in [-0.15, -0.1) is 0 Å². The molecule has 2 aliphatic rings. The van der Waals surface area contributed by atoms with Crippen molar-refractivity contribution in [2.45, 2.75) is 44.1 Å². The van der Waals surface area contributed by atoms with Gasteiger partial charge in [0.25, 0.3) is 5.92 Å². The van der Waals surface area contributed by atoms with E-state index in [0.717, 1.165) is 25.7 Å². The fourth-order valence-electron chi connectivity index (χ4n) is 2.50. The van der Waals surface area contributed by atoms with Gasteiger partial charge in [0.1, 0.15) is 0 Å². The highest BCUT2D eigenvalue weighted by atomic mass is 19.3. The summed E-state index contributed by atoms with van der Waals surface area (Å²) in [6.45, 7) is 0.494. The molecule has 0 aromatic carbocycles. The summed E-state index contributed by atoms with van der Waals surface area (Å²) in [5.41, 5.74) is 0. The lowest BCUT2D eigenvalue weighted by Gasteiger charge is -2.24. The molecular weight excluding hydrogens is 160 g/mol. The highest BCUT2D eigenvalue weighted by Crippen LogP contribution is 2.38. The fraction of sp³-hybridized carbons (Fsp3) is 1.00. The van der Waals surface area contributed by atoms with Crippen molar-refractivity contribution in [1.82, 2.24) is 5.32 Å². The molecule has 1 aliphatic heterocycles. The van der Waals surface area contributed by atoms with Crippen LogP contribution in [-0.4, -0.2) is 18.5 Å². The van der Waals surface area contributed by atoms with Crippen LogP contribution in [0, 0.1) is 5.92 Å². The van der Waals surface area contributed by atoms with Crippen LogP contribution in [0.15, 0.2) is 0 Å². The maximum atomic E-state index is 13.2. The van der Waals surface area contributed by atoms with Gasteiger partial charge in [-0.3, -0.25) is 0 Å². The number of rotatable bonds is 1. The molecule has 1 heterocycles. The average Bonchev–Trinajstić information content (AvgIpc) is 2.55. The molecule has 1 unspecified atom stereocenters. The molecule has 70 valence electrons. The zero-order valence-corrected chi connectivity index (χ0v) is 7.15. The van der Waals surface area contributed by atoms with E-state index in [1.54, 1.807) is 0 Å². The Balaban J connectivity index is 2.02. The van der Waals surface area contributed by atoms with E-state index >= 15 is 0 Å². The predicted octanol–water partition coefficient (Wildman–Crippen LogP) is 2.17. The van der Waals surface area contributed by atoms with Gasteiger partial charge in [-0.05, 0) is 18.8 Å². The molecule has 2 rings (SSSR count). The molecule has 1 saturated carbocycles. The lowest BCUT2D eigenvalue weighted by atomic mass is 9.94. The van der Waals surface area contributed by atoms with Crippen molar-refractivity contribution in [3.05, 3.63) is 0 Å². The SMILES string of the molecule is FC1(F)CCNC1C1CCCC1. The van der Waals surface area contributed by atoms with Crippen molar-refractivity contribution in [1.29, 1.82) is 0 Å². The Bertz CT molecular complexity index is 164. The van der Waals surface area contributed by atoms with Crippen LogP contribution in [0.4, 0.5) is 8.78 Å². The Kier molecular flexibility index (Phi) is 2.07. The van der Waals surface area contributed by atoms with Gasteiger partial charge in [0.05, 0.1) is 6.04 Å². The maximum absolute atomic E-state index is 13.2. The van der Waals surface area contributed by atoms with E-state index in [2.05, 4.69) is 5.32 Å². The predicted molar refractivity (Wildman–Crippen MR) is 43.3 cm³/mol. The van der Waals surface area contributed by atoms with Gasteiger partial charge in [0.15, 0.2) is 0 Å². The van der Waals surface area contributed by atoms with Crippen molar-refractivity contribution in [2.24, 2.45) is 5.92 Å². The highest BCUT2D eigenvalue weighted by Gasteiger charge is 2.47. The molecule has 0 spiro atoms. The summed E-state index contributed by atoms with van der Waals surface area (Å²) in [6.07, 6.45) is 4.30. The first kappa shape index (κ1) is 8.42. The van der Waals surface area contributed by atoms with Crippen molar-refractivity contribution in [3.8, 4) is 0 Å². The third-order valence-corrected chi connectivity index (χ3v) is 3.15. The minimum Gasteiger partial charge on any atom is -0.308 e. The molecule has 1 saturated heterocycles. The van der Waals surface area contributed by atoms with Gasteiger partial charge >= 0.3 is 0 Å². The summed E-state index contributed by atoms with van der Waals surface area (Å²) in [7, 11) is 0. The largest absolute Gasteiger partial charge is 0.308 e. The summed E-state index contributed by atoms with van der Waals surface area (Å²) >= 11 is 0. The standard InChI is InChI=1S/C9H15F2N/c10-9(11)5-6-12-8(9)7-3-1-2-4-7/h7-8,12H,1-6H2. The summed E-state index contributed by atoms with van der Waals surface area (Å²) in [5, 5.41) is 2.94. The van der Waals surface area contributed by atoms with Crippen LogP contribution in [0.25, 0.3) is 0 Å². The lowest BCUT2D eigenvalue weighted by molar-refractivity contribution is -0.0278. The molecule has 1 N–H and O–H groups in total. The van der Waals surface area contributed by atoms with E-state index in [1.807, 2.05) is 0 Å². The highest BCUT2D eigenvalue weighted by molar-refractivity contribution is 4.96. The second kappa shape index (κ2) is 2.95. The Morgan fingerprint density at radius 1 is 1.17 bits per heavy atom. The molecule has 1 aliphatic carbocycles. The Morgan fingerprint density at radius 2 is 1.83 bits per heavy atom. The topological polar surface area (TPSA) is 12.0 Å². The van der Waals surface area contributed by atoms with Gasteiger partial charge in [-0.1, -0.05) is 12.8 Å². The first-order chi connectivity index (χ1) is 5.70. The molecule has 1 nitrogen and oxygen atoms in total. The quantitative estimate of drug-likeness (QED) is 0.644. The molecule has 0 bridgehead atoms. The van der Waals surface area contributed by atoms with E-state index in [9.17, 15) is 8.78 Å². The number of alkyl halides is 2. The van der Waals surface area contributed by atoms with Crippen molar-refractivity contribution in [2.75, 3.05) is 6.54 Å². The molecule has 3 heteroatoms. The van der Waals surface area contributed by atoms with Crippen LogP contribution >= 0.6 is 0 Å². The van der Waals surface area contributed by atoms with Gasteiger partial charge < -0.3 is 5.32 Å². The van der Waals surface area contributed by atoms with Crippen LogP contribution in [-0.2, 0) is 0 Å². The molecule has 2 fully saturated rings. The minimum atomic E-state index is -2.44. The van der Waals surface area contributed by atoms with E-state index < -0.39 is 12.0 Å². The molecule has 1 atom stereocenters. The first-order valence-electron chi connectivity index (χ1n) is 4.81. The minimum absolute atomic E-state index is 0.0359. The second-order valence-electron chi connectivity index (χ2n) is 3.99. The molecule has 0 radical (unpaired) electrons. The fourth-order valence-corrected chi connectivity index (χ4v) is 2.50. The Labute approximate surface area is 71.5 Å². The van der Waals surface area contributed by atoms with Gasteiger partial charge in [0.2, 0.25) is 0 Å². The molecule has 0 aromatic rings. The number of halogens is 2. The number of nitrogens with one attached hydrogen (secondary N) is 1. The van der Waals surface area contributed by atoms with Crippen molar-refractivity contribution < 1.29 is 8.78 Å². The maximum Gasteiger partial charge on any atom is 0.264 e. The van der Waals surface area contributed by atoms with Crippen LogP contribution < -0.4 is 5.32 Å². The average molecular weight is 175 g/mol. The van der Waals surface area contributed by atoms with Crippen molar-refractivity contribution >= 4 is 0 Å². The zero-order chi connectivity index (χ0) is 8.60. The van der Waals surface area contributed by atoms with Crippen LogP contribution in [0.3, 0.4) is 0 Å². The van der Waals surface area contributed by atoms with Gasteiger partial charge in [-0.25, -0.2) is 8.78 Å². The summed E-state index contributed by atoms with van der Waals surface area (Å²) in [5.74, 6) is -2.20. The smallest absolute Gasteiger partial charge is 0.264 e. The van der Waals surface area contributed by atoms with E-state index in [0.29, 0.717) is 6.54 Å². The summed E-state index contributed by atoms with van der Waals surface area (Å²) in [6, 6.07) is -0.514. The molecule has 12 heavy (non-hydrogen) atoms. The third-order valence-electron chi connectivity index (χ3n) is 3.15. The second-order valence-corrected chi connectivity index (χ2v) is 3.99. The van der Waals surface area contributed by atoms with E-state index in [-0.39, 0.29) is 12.3 Å². The van der Waals surface area contributed by atoms with E-state index in [1.165, 1.54) is 0 Å². The van der Waals surface area contributed by atoms with Gasteiger partial charge in [0, 0.05) is 13.0 Å². The summed E-state index contributed by atoms with van der Waals surface area (Å²) < 4.78 is 26.4. The Hall–Kier alpha value is -0.180. The van der Waals surface area contributed by atoms with Crippen LogP contribution in [0.5, 0.6) is 0 Å². The molecular formula is C9H15F2N. The van der Waals surface area contributed by atoms with Gasteiger partial charge in [-0.2, -0.15) is 0 Å². The molecule has 0 aromatic heterocycles. The van der Waals surface area contributed by atoms with Crippen LogP contribution in [0.2, 0.25) is 0 Å². The molecule has 0 amide bonds. The zero-order valence-electron chi connectivity index (χ0n) is 7.15. The lowest BCUT2D eigenvalue weighted by Crippen LogP contribution is -2.41. The third kappa shape index (κ3) is 1.35. The first-order valence-corrected chi connectivity index (χ1v) is 4.81. The number of hydrogen-bond donors (Lipinski definition) is 1. The van der Waals surface area contributed by atoms with E-state index in [4.69, 9.17) is 0 Å². The Morgan fingerprint density at radius 3 is 2.33 bits per heavy atom. The van der Waals surface area contributed by atoms with Crippen molar-refractivity contribution in [3.63, 3.8) is 0 Å². The normalized spacial score (nSPS) is 36.0.